The van der Waals surface area contributed by atoms with Gasteiger partial charge in [0.15, 0.2) is 0 Å². The molecule has 0 fully saturated rings. The highest BCUT2D eigenvalue weighted by Gasteiger charge is 2.25. The summed E-state index contributed by atoms with van der Waals surface area (Å²) >= 11 is 0. The summed E-state index contributed by atoms with van der Waals surface area (Å²) in [7, 11) is 0. The zero-order valence-corrected chi connectivity index (χ0v) is 38.7. The predicted octanol–water partition coefficient (Wildman–Crippen LogP) is 18.2. The monoisotopic (exact) mass is 910 g/mol. The molecule has 4 heteroatoms. The summed E-state index contributed by atoms with van der Waals surface area (Å²) in [6, 6.07) is 80.4. The van der Waals surface area contributed by atoms with Gasteiger partial charge in [-0.05, 0) is 123 Å². The van der Waals surface area contributed by atoms with Crippen molar-refractivity contribution >= 4 is 141 Å². The molecule has 0 atom stereocenters. The molecule has 0 unspecified atom stereocenters. The molecule has 5 heterocycles. The summed E-state index contributed by atoms with van der Waals surface area (Å²) in [6.07, 6.45) is 0. The van der Waals surface area contributed by atoms with E-state index in [2.05, 4.69) is 228 Å². The van der Waals surface area contributed by atoms with Gasteiger partial charge in [0.1, 0.15) is 0 Å². The van der Waals surface area contributed by atoms with Crippen molar-refractivity contribution in [2.24, 2.45) is 0 Å². The molecular weight excluding hydrogens is 873 g/mol. The summed E-state index contributed by atoms with van der Waals surface area (Å²) in [5, 5.41) is 24.2. The third kappa shape index (κ3) is 5.09. The first-order valence-corrected chi connectivity index (χ1v) is 24.8. The van der Waals surface area contributed by atoms with E-state index in [9.17, 15) is 0 Å². The fraction of sp³-hybridized carbons (Fsp3) is 0. The first-order valence-electron chi connectivity index (χ1n) is 24.8. The van der Waals surface area contributed by atoms with Crippen LogP contribution in [-0.4, -0.2) is 19.9 Å². The molecule has 0 saturated carbocycles. The first kappa shape index (κ1) is 38.2. The Morgan fingerprint density at radius 1 is 0.236 bits per heavy atom. The summed E-state index contributed by atoms with van der Waals surface area (Å²) in [4.78, 5) is 19.1. The van der Waals surface area contributed by atoms with Crippen LogP contribution >= 0.6 is 0 Å². The number of hydrogen-bond acceptors (Lipinski definition) is 2. The highest BCUT2D eigenvalue weighted by Crippen LogP contribution is 2.52. The third-order valence-electron chi connectivity index (χ3n) is 15.9. The second-order valence-corrected chi connectivity index (χ2v) is 19.7. The van der Waals surface area contributed by atoms with Gasteiger partial charge < -0.3 is 9.97 Å². The van der Waals surface area contributed by atoms with E-state index in [4.69, 9.17) is 9.97 Å². The van der Waals surface area contributed by atoms with Gasteiger partial charge in [-0.3, -0.25) is 0 Å². The first-order chi connectivity index (χ1) is 35.7. The Labute approximate surface area is 410 Å². The molecule has 2 N–H and O–H groups in total. The van der Waals surface area contributed by atoms with E-state index in [1.807, 2.05) is 0 Å². The van der Waals surface area contributed by atoms with Gasteiger partial charge in [0.25, 0.3) is 0 Å². The van der Waals surface area contributed by atoms with Gasteiger partial charge in [0.2, 0.25) is 0 Å². The van der Waals surface area contributed by atoms with E-state index in [0.717, 1.165) is 76.5 Å². The molecule has 1 aliphatic carbocycles. The van der Waals surface area contributed by atoms with Crippen molar-refractivity contribution in [2.45, 2.75) is 0 Å². The SMILES string of the molecule is c1ccc(-c2c3cc4c5cc6[nH]c(cc7nc(cc8[nH]c(cc(n5)c4cc3c(-c3ccccc3)c3c4cccc5cccc(c23)c54)c2ccccc82)c2c3cccc4cccc(c7=2)c43)c2ccccc62)cc1. The van der Waals surface area contributed by atoms with Crippen LogP contribution in [0.1, 0.15) is 0 Å². The van der Waals surface area contributed by atoms with Crippen molar-refractivity contribution < 1.29 is 0 Å². The Morgan fingerprint density at radius 2 is 0.569 bits per heavy atom. The third-order valence-corrected chi connectivity index (χ3v) is 15.9. The largest absolute Gasteiger partial charge is 0.354 e. The quantitative estimate of drug-likeness (QED) is 0.182. The van der Waals surface area contributed by atoms with Crippen molar-refractivity contribution in [1.29, 1.82) is 0 Å². The Balaban J connectivity index is 1.11. The van der Waals surface area contributed by atoms with E-state index in [1.165, 1.54) is 97.3 Å². The predicted molar refractivity (Wildman–Crippen MR) is 304 cm³/mol. The Hall–Kier alpha value is -9.64. The van der Waals surface area contributed by atoms with Crippen LogP contribution in [0, 0.1) is 10.4 Å². The Morgan fingerprint density at radius 3 is 0.986 bits per heavy atom. The number of nitrogens with one attached hydrogen (secondary N) is 2. The van der Waals surface area contributed by atoms with Crippen molar-refractivity contribution in [1.82, 2.24) is 19.9 Å². The summed E-state index contributed by atoms with van der Waals surface area (Å²) < 4.78 is 0. The minimum atomic E-state index is 0.911. The molecule has 15 aromatic rings. The average Bonchev–Trinajstić information content (AvgIpc) is 4.28. The van der Waals surface area contributed by atoms with Gasteiger partial charge >= 0.3 is 0 Å². The molecule has 2 aliphatic rings. The second-order valence-electron chi connectivity index (χ2n) is 19.7. The highest BCUT2D eigenvalue weighted by molar-refractivity contribution is 6.41. The molecule has 0 amide bonds. The van der Waals surface area contributed by atoms with Crippen LogP contribution in [0.15, 0.2) is 218 Å². The smallest absolute Gasteiger partial charge is 0.0743 e. The molecule has 1 aliphatic heterocycles. The van der Waals surface area contributed by atoms with Gasteiger partial charge in [-0.1, -0.05) is 182 Å². The minimum absolute atomic E-state index is 0.911. The van der Waals surface area contributed by atoms with E-state index in [1.54, 1.807) is 0 Å². The van der Waals surface area contributed by atoms with E-state index in [-0.39, 0.29) is 0 Å². The Kier molecular flexibility index (Phi) is 7.44. The molecule has 72 heavy (non-hydrogen) atoms. The number of hydrogen-bond donors (Lipinski definition) is 2. The molecule has 4 nitrogen and oxygen atoms in total. The van der Waals surface area contributed by atoms with E-state index < -0.39 is 0 Å². The van der Waals surface area contributed by atoms with E-state index in [0.29, 0.717) is 0 Å². The lowest BCUT2D eigenvalue weighted by atomic mass is 9.85. The fourth-order valence-corrected chi connectivity index (χ4v) is 13.0. The average molecular weight is 911 g/mol. The lowest BCUT2D eigenvalue weighted by Crippen LogP contribution is -1.89. The van der Waals surface area contributed by atoms with Crippen LogP contribution in [-0.2, 0) is 0 Å². The topological polar surface area (TPSA) is 57.4 Å². The number of nitrogens with zero attached hydrogens (tertiary/aromatic N) is 2. The standard InChI is InChI=1S/C68H38N4/c1-3-15-39(16-4-1)63-51-31-49-50(32-52(51)64(40-17-5-2-6-18-40)68-48-30-14-22-38-21-13-29-47(62(38)48)67(63)68)58-34-54-42-24-8-10-26-44(42)56(70-54)36-60-66-46-28-12-20-37-19-11-27-45(61(37)46)65(66)59(72-60)35-55-43-25-9-7-23-41(43)53(69-55)33-57(49)71-58/h1-36,69-70H. The molecule has 4 aromatic heterocycles. The van der Waals surface area contributed by atoms with Gasteiger partial charge in [-0.2, -0.15) is 0 Å². The van der Waals surface area contributed by atoms with Crippen LogP contribution in [0.5, 0.6) is 0 Å². The molecule has 0 saturated heterocycles. The van der Waals surface area contributed by atoms with Crippen LogP contribution in [0.3, 0.4) is 0 Å². The fourth-order valence-electron chi connectivity index (χ4n) is 13.0. The zero-order valence-electron chi connectivity index (χ0n) is 38.7. The molecule has 8 bridgehead atoms. The zero-order chi connectivity index (χ0) is 46.8. The molecule has 330 valence electrons. The number of fused-ring (bicyclic) bond motifs is 25. The highest BCUT2D eigenvalue weighted by atomic mass is 14.8. The lowest BCUT2D eigenvalue weighted by Gasteiger charge is -2.17. The van der Waals surface area contributed by atoms with Crippen molar-refractivity contribution in [3.05, 3.63) is 229 Å². The maximum Gasteiger partial charge on any atom is 0.0743 e. The number of H-pyrrole nitrogens is 2. The number of benzene rings is 10. The molecule has 0 spiro atoms. The lowest BCUT2D eigenvalue weighted by molar-refractivity contribution is 1.50. The van der Waals surface area contributed by atoms with Gasteiger partial charge in [-0.15, -0.1) is 0 Å². The number of aromatic amines is 2. The van der Waals surface area contributed by atoms with Crippen molar-refractivity contribution in [2.75, 3.05) is 0 Å². The number of rotatable bonds is 2. The molecule has 11 aromatic carbocycles. The van der Waals surface area contributed by atoms with Crippen LogP contribution in [0.4, 0.5) is 0 Å². The minimum Gasteiger partial charge on any atom is -0.354 e. The van der Waals surface area contributed by atoms with Crippen molar-refractivity contribution in [3.63, 3.8) is 0 Å². The van der Waals surface area contributed by atoms with E-state index >= 15 is 0 Å². The van der Waals surface area contributed by atoms with Crippen molar-refractivity contribution in [3.8, 4) is 22.3 Å². The van der Waals surface area contributed by atoms with Gasteiger partial charge in [0, 0.05) is 64.8 Å². The van der Waals surface area contributed by atoms with Crippen LogP contribution < -0.4 is 0 Å². The maximum atomic E-state index is 5.70. The second kappa shape index (κ2) is 14.0. The molecule has 0 radical (unpaired) electrons. The molecular formula is C68H38N4. The summed E-state index contributed by atoms with van der Waals surface area (Å²) in [6.45, 7) is 0. The molecule has 17 rings (SSSR count). The summed E-state index contributed by atoms with van der Waals surface area (Å²) in [5.41, 5.74) is 12.6. The van der Waals surface area contributed by atoms with Gasteiger partial charge in [-0.25, -0.2) is 9.97 Å². The Bertz CT molecular complexity index is 5000. The van der Waals surface area contributed by atoms with Gasteiger partial charge in [0.05, 0.1) is 22.1 Å². The normalized spacial score (nSPS) is 12.4. The van der Waals surface area contributed by atoms with Crippen LogP contribution in [0.25, 0.3) is 163 Å². The summed E-state index contributed by atoms with van der Waals surface area (Å²) in [5.74, 6) is 0. The number of aromatic nitrogens is 4. The maximum absolute atomic E-state index is 5.70. The van der Waals surface area contributed by atoms with Crippen LogP contribution in [0.2, 0.25) is 0 Å².